The highest BCUT2D eigenvalue weighted by Crippen LogP contribution is 2.74. The van der Waals surface area contributed by atoms with Gasteiger partial charge in [0.2, 0.25) is 0 Å². The minimum Gasteiger partial charge on any atom is -0.494 e. The zero-order valence-corrected chi connectivity index (χ0v) is 21.7. The summed E-state index contributed by atoms with van der Waals surface area (Å²) in [6, 6.07) is 5.47. The van der Waals surface area contributed by atoms with Crippen molar-refractivity contribution in [2.75, 3.05) is 14.2 Å². The SMILES string of the molecule is COc1cccc(OC)c1-n1c(CS(=O)(=O)[C@@H](C)[C@H](C)c2ncc(Cl)cn2)nnc1[C@@H]1CC12CC2. The fourth-order valence-electron chi connectivity index (χ4n) is 4.76. The van der Waals surface area contributed by atoms with Crippen molar-refractivity contribution in [2.24, 2.45) is 5.41 Å². The predicted molar refractivity (Wildman–Crippen MR) is 131 cm³/mol. The van der Waals surface area contributed by atoms with E-state index in [0.717, 1.165) is 25.1 Å². The van der Waals surface area contributed by atoms with Crippen LogP contribution in [0.2, 0.25) is 5.02 Å². The molecule has 11 heteroatoms. The number of hydrogen-bond donors (Lipinski definition) is 0. The Morgan fingerprint density at radius 2 is 1.74 bits per heavy atom. The van der Waals surface area contributed by atoms with E-state index >= 15 is 0 Å². The summed E-state index contributed by atoms with van der Waals surface area (Å²) in [5.74, 6) is 2.16. The van der Waals surface area contributed by atoms with Crippen LogP contribution in [0, 0.1) is 5.41 Å². The molecule has 2 aromatic heterocycles. The molecular weight excluding hydrogens is 490 g/mol. The molecule has 0 bridgehead atoms. The second kappa shape index (κ2) is 8.74. The molecule has 3 atom stereocenters. The topological polar surface area (TPSA) is 109 Å². The fraction of sp³-hybridized carbons (Fsp3) is 0.500. The first-order valence-electron chi connectivity index (χ1n) is 11.6. The number of ether oxygens (including phenoxy) is 2. The number of benzene rings is 1. The Morgan fingerprint density at radius 3 is 2.29 bits per heavy atom. The smallest absolute Gasteiger partial charge is 0.160 e. The van der Waals surface area contributed by atoms with Crippen LogP contribution in [0.3, 0.4) is 0 Å². The maximum absolute atomic E-state index is 13.6. The van der Waals surface area contributed by atoms with Crippen molar-refractivity contribution < 1.29 is 17.9 Å². The molecule has 0 N–H and O–H groups in total. The molecule has 1 spiro atoms. The lowest BCUT2D eigenvalue weighted by Crippen LogP contribution is -2.27. The van der Waals surface area contributed by atoms with Crippen LogP contribution in [-0.4, -0.2) is 52.6 Å². The third kappa shape index (κ3) is 4.27. The summed E-state index contributed by atoms with van der Waals surface area (Å²) < 4.78 is 40.3. The van der Waals surface area contributed by atoms with E-state index in [1.807, 2.05) is 22.8 Å². The molecule has 0 unspecified atom stereocenters. The van der Waals surface area contributed by atoms with E-state index in [1.165, 1.54) is 12.4 Å². The van der Waals surface area contributed by atoms with Crippen LogP contribution in [0.1, 0.15) is 62.4 Å². The Hall–Kier alpha value is -2.72. The van der Waals surface area contributed by atoms with E-state index in [9.17, 15) is 8.42 Å². The molecule has 2 aliphatic rings. The Balaban J connectivity index is 1.54. The lowest BCUT2D eigenvalue weighted by Gasteiger charge is -2.20. The van der Waals surface area contributed by atoms with Crippen molar-refractivity contribution in [1.82, 2.24) is 24.7 Å². The normalized spacial score (nSPS) is 19.9. The van der Waals surface area contributed by atoms with Crippen LogP contribution < -0.4 is 9.47 Å². The monoisotopic (exact) mass is 517 g/mol. The molecule has 0 radical (unpaired) electrons. The van der Waals surface area contributed by atoms with Gasteiger partial charge in [0.05, 0.1) is 24.5 Å². The van der Waals surface area contributed by atoms with E-state index in [-0.39, 0.29) is 11.7 Å². The Morgan fingerprint density at radius 1 is 1.11 bits per heavy atom. The molecule has 186 valence electrons. The van der Waals surface area contributed by atoms with Gasteiger partial charge in [-0.2, -0.15) is 0 Å². The zero-order chi connectivity index (χ0) is 25.0. The minimum absolute atomic E-state index is 0.250. The van der Waals surface area contributed by atoms with Crippen molar-refractivity contribution in [3.63, 3.8) is 0 Å². The summed E-state index contributed by atoms with van der Waals surface area (Å²) in [6.45, 7) is 3.47. The van der Waals surface area contributed by atoms with Gasteiger partial charge in [0.1, 0.15) is 34.6 Å². The molecule has 0 amide bonds. The molecule has 1 aromatic carbocycles. The van der Waals surface area contributed by atoms with Gasteiger partial charge in [-0.25, -0.2) is 18.4 Å². The van der Waals surface area contributed by atoms with Crippen LogP contribution in [-0.2, 0) is 15.6 Å². The maximum Gasteiger partial charge on any atom is 0.160 e. The van der Waals surface area contributed by atoms with Gasteiger partial charge in [0.25, 0.3) is 0 Å². The molecule has 5 rings (SSSR count). The highest BCUT2D eigenvalue weighted by molar-refractivity contribution is 7.91. The van der Waals surface area contributed by atoms with E-state index in [0.29, 0.717) is 39.3 Å². The lowest BCUT2D eigenvalue weighted by atomic mass is 10.1. The van der Waals surface area contributed by atoms with E-state index in [2.05, 4.69) is 20.2 Å². The summed E-state index contributed by atoms with van der Waals surface area (Å²) in [4.78, 5) is 8.43. The van der Waals surface area contributed by atoms with Crippen LogP contribution >= 0.6 is 11.6 Å². The summed E-state index contributed by atoms with van der Waals surface area (Å²) in [7, 11) is -0.509. The summed E-state index contributed by atoms with van der Waals surface area (Å²) in [6.07, 6.45) is 6.31. The van der Waals surface area contributed by atoms with E-state index in [4.69, 9.17) is 21.1 Å². The molecule has 9 nitrogen and oxygen atoms in total. The first-order chi connectivity index (χ1) is 16.7. The molecule has 0 aliphatic heterocycles. The van der Waals surface area contributed by atoms with Gasteiger partial charge < -0.3 is 9.47 Å². The van der Waals surface area contributed by atoms with Gasteiger partial charge in [0.15, 0.2) is 15.7 Å². The number of halogens is 1. The Bertz CT molecular complexity index is 1330. The second-order valence-corrected chi connectivity index (χ2v) is 12.3. The van der Waals surface area contributed by atoms with Gasteiger partial charge in [-0.15, -0.1) is 10.2 Å². The molecule has 2 heterocycles. The highest BCUT2D eigenvalue weighted by atomic mass is 35.5. The van der Waals surface area contributed by atoms with E-state index in [1.54, 1.807) is 28.1 Å². The average Bonchev–Trinajstić information content (AvgIpc) is 3.75. The number of sulfone groups is 1. The average molecular weight is 518 g/mol. The second-order valence-electron chi connectivity index (χ2n) is 9.50. The summed E-state index contributed by atoms with van der Waals surface area (Å²) in [5.41, 5.74) is 0.913. The van der Waals surface area contributed by atoms with E-state index < -0.39 is 21.0 Å². The minimum atomic E-state index is -3.66. The summed E-state index contributed by atoms with van der Waals surface area (Å²) >= 11 is 5.89. The number of methoxy groups -OCH3 is 2. The zero-order valence-electron chi connectivity index (χ0n) is 20.1. The predicted octanol–water partition coefficient (Wildman–Crippen LogP) is 4.10. The van der Waals surface area contributed by atoms with Crippen molar-refractivity contribution >= 4 is 21.4 Å². The van der Waals surface area contributed by atoms with Crippen molar-refractivity contribution in [1.29, 1.82) is 0 Å². The first kappa shape index (κ1) is 24.0. The van der Waals surface area contributed by atoms with Crippen molar-refractivity contribution in [3.05, 3.63) is 53.1 Å². The van der Waals surface area contributed by atoms with Crippen LogP contribution in [0.4, 0.5) is 0 Å². The van der Waals surface area contributed by atoms with Crippen LogP contribution in [0.15, 0.2) is 30.6 Å². The van der Waals surface area contributed by atoms with Gasteiger partial charge in [-0.3, -0.25) is 4.57 Å². The van der Waals surface area contributed by atoms with Gasteiger partial charge in [-0.05, 0) is 43.7 Å². The number of aromatic nitrogens is 5. The van der Waals surface area contributed by atoms with Crippen LogP contribution in [0.25, 0.3) is 5.69 Å². The lowest BCUT2D eigenvalue weighted by molar-refractivity contribution is 0.390. The molecule has 2 fully saturated rings. The third-order valence-corrected chi connectivity index (χ3v) is 9.82. The largest absolute Gasteiger partial charge is 0.494 e. The van der Waals surface area contributed by atoms with Gasteiger partial charge in [0, 0.05) is 24.2 Å². The van der Waals surface area contributed by atoms with Gasteiger partial charge in [-0.1, -0.05) is 24.6 Å². The Kier molecular flexibility index (Phi) is 5.99. The van der Waals surface area contributed by atoms with Gasteiger partial charge >= 0.3 is 0 Å². The quantitative estimate of drug-likeness (QED) is 0.417. The molecular formula is C24H28ClN5O4S. The third-order valence-electron chi connectivity index (χ3n) is 7.42. The number of rotatable bonds is 9. The molecule has 2 aliphatic carbocycles. The standard InChI is InChI=1S/C24H28ClN5O4S/c1-14(22-26-11-16(25)12-27-22)15(2)35(31,32)13-20-28-29-23(17-10-24(17)8-9-24)30(20)21-18(33-3)6-5-7-19(21)34-4/h5-7,11-12,14-15,17H,8-10,13H2,1-4H3/t14-,15-,17-/m0/s1. The number of para-hydroxylation sites is 1. The number of hydrogen-bond acceptors (Lipinski definition) is 8. The molecule has 0 saturated heterocycles. The Labute approximate surface area is 209 Å². The summed E-state index contributed by atoms with van der Waals surface area (Å²) in [5, 5.41) is 8.52. The molecule has 2 saturated carbocycles. The van der Waals surface area contributed by atoms with Crippen LogP contribution in [0.5, 0.6) is 11.5 Å². The van der Waals surface area contributed by atoms with Crippen molar-refractivity contribution in [3.8, 4) is 17.2 Å². The maximum atomic E-state index is 13.6. The number of nitrogens with zero attached hydrogens (tertiary/aromatic N) is 5. The fourth-order valence-corrected chi connectivity index (χ4v) is 6.41. The first-order valence-corrected chi connectivity index (χ1v) is 13.6. The highest BCUT2D eigenvalue weighted by Gasteiger charge is 2.65. The molecule has 35 heavy (non-hydrogen) atoms. The van der Waals surface area contributed by atoms with Crippen molar-refractivity contribution in [2.45, 2.75) is 55.9 Å². The molecule has 3 aromatic rings.